The quantitative estimate of drug-likeness (QED) is 0.548. The van der Waals surface area contributed by atoms with E-state index in [2.05, 4.69) is 10.6 Å². The minimum atomic E-state index is -1.14. The smallest absolute Gasteiger partial charge is 0.326 e. The molecule has 2 amide bonds. The lowest BCUT2D eigenvalue weighted by atomic mass is 10.1. The van der Waals surface area contributed by atoms with Gasteiger partial charge in [-0.05, 0) is 19.4 Å². The minimum Gasteiger partial charge on any atom is -0.480 e. The molecule has 0 unspecified atom stereocenters. The van der Waals surface area contributed by atoms with E-state index in [1.807, 2.05) is 6.07 Å². The molecule has 0 aliphatic rings. The molecule has 0 bridgehead atoms. The Bertz CT molecular complexity index is 531. The van der Waals surface area contributed by atoms with Gasteiger partial charge in [-0.25, -0.2) is 4.79 Å². The Morgan fingerprint density at radius 3 is 2.18 bits per heavy atom. The number of amides is 2. The van der Waals surface area contributed by atoms with E-state index in [0.29, 0.717) is 0 Å². The number of carboxylic acid groups (broad SMARTS) is 1. The molecule has 5 N–H and O–H groups in total. The van der Waals surface area contributed by atoms with Gasteiger partial charge in [-0.2, -0.15) is 0 Å². The molecule has 7 nitrogen and oxygen atoms in total. The maximum absolute atomic E-state index is 12.0. The molecule has 0 saturated heterocycles. The second-order valence-electron chi connectivity index (χ2n) is 5.11. The lowest BCUT2D eigenvalue weighted by Crippen LogP contribution is -2.53. The first-order valence-electron chi connectivity index (χ1n) is 6.94. The third-order valence-corrected chi connectivity index (χ3v) is 3.06. The van der Waals surface area contributed by atoms with E-state index in [4.69, 9.17) is 5.73 Å². The summed E-state index contributed by atoms with van der Waals surface area (Å²) in [4.78, 5) is 34.7. The number of aliphatic carboxylic acids is 1. The first-order valence-corrected chi connectivity index (χ1v) is 6.94. The highest BCUT2D eigenvalue weighted by molar-refractivity contribution is 5.91. The molecular weight excluding hydrogens is 286 g/mol. The van der Waals surface area contributed by atoms with Crippen LogP contribution in [0.15, 0.2) is 30.3 Å². The molecule has 1 aromatic carbocycles. The summed E-state index contributed by atoms with van der Waals surface area (Å²) in [6, 6.07) is 6.30. The van der Waals surface area contributed by atoms with E-state index >= 15 is 0 Å². The molecule has 0 radical (unpaired) electrons. The molecule has 1 aromatic rings. The fraction of sp³-hybridized carbons (Fsp3) is 0.400. The maximum atomic E-state index is 12.0. The summed E-state index contributed by atoms with van der Waals surface area (Å²) in [5.74, 6) is -2.18. The van der Waals surface area contributed by atoms with Crippen molar-refractivity contribution >= 4 is 17.8 Å². The van der Waals surface area contributed by atoms with Gasteiger partial charge < -0.3 is 21.5 Å². The summed E-state index contributed by atoms with van der Waals surface area (Å²) in [6.07, 6.45) is 0.163. The zero-order valence-electron chi connectivity index (χ0n) is 12.6. The van der Waals surface area contributed by atoms with Crippen molar-refractivity contribution in [3.63, 3.8) is 0 Å². The highest BCUT2D eigenvalue weighted by atomic mass is 16.4. The zero-order chi connectivity index (χ0) is 16.7. The standard InChI is InChI=1S/C15H21N3O4/c1-9(16)13(19)17-10(2)14(20)18-12(15(21)22)8-11-6-4-3-5-7-11/h3-7,9-10,12H,8,16H2,1-2H3,(H,17,19)(H,18,20)(H,21,22)/t9-,10-,12+/m1/s1. The van der Waals surface area contributed by atoms with E-state index in [0.717, 1.165) is 5.56 Å². The highest BCUT2D eigenvalue weighted by Gasteiger charge is 2.24. The predicted octanol–water partition coefficient (Wildman–Crippen LogP) is -0.350. The Labute approximate surface area is 128 Å². The van der Waals surface area contributed by atoms with Gasteiger partial charge in [0.1, 0.15) is 12.1 Å². The lowest BCUT2D eigenvalue weighted by molar-refractivity contribution is -0.142. The number of carbonyl (C=O) groups is 3. The number of nitrogens with two attached hydrogens (primary N) is 1. The van der Waals surface area contributed by atoms with Crippen LogP contribution in [0.5, 0.6) is 0 Å². The van der Waals surface area contributed by atoms with Gasteiger partial charge in [0, 0.05) is 6.42 Å². The Balaban J connectivity index is 2.64. The zero-order valence-corrected chi connectivity index (χ0v) is 12.6. The van der Waals surface area contributed by atoms with Crippen molar-refractivity contribution in [2.75, 3.05) is 0 Å². The highest BCUT2D eigenvalue weighted by Crippen LogP contribution is 2.04. The van der Waals surface area contributed by atoms with Crippen molar-refractivity contribution in [3.05, 3.63) is 35.9 Å². The molecule has 1 rings (SSSR count). The van der Waals surface area contributed by atoms with Crippen LogP contribution < -0.4 is 16.4 Å². The number of carboxylic acids is 1. The molecule has 120 valence electrons. The third-order valence-electron chi connectivity index (χ3n) is 3.06. The van der Waals surface area contributed by atoms with Gasteiger partial charge in [0.15, 0.2) is 0 Å². The lowest BCUT2D eigenvalue weighted by Gasteiger charge is -2.19. The molecular formula is C15H21N3O4. The maximum Gasteiger partial charge on any atom is 0.326 e. The Hall–Kier alpha value is -2.41. The van der Waals surface area contributed by atoms with Gasteiger partial charge in [0.25, 0.3) is 0 Å². The monoisotopic (exact) mass is 307 g/mol. The van der Waals surface area contributed by atoms with Gasteiger partial charge in [-0.15, -0.1) is 0 Å². The topological polar surface area (TPSA) is 122 Å². The summed E-state index contributed by atoms with van der Waals surface area (Å²) in [7, 11) is 0. The number of benzene rings is 1. The van der Waals surface area contributed by atoms with Crippen LogP contribution in [0, 0.1) is 0 Å². The molecule has 0 fully saturated rings. The summed E-state index contributed by atoms with van der Waals surface area (Å²) in [5, 5.41) is 14.0. The first kappa shape index (κ1) is 17.6. The Morgan fingerprint density at radius 1 is 1.09 bits per heavy atom. The molecule has 0 aliphatic heterocycles. The van der Waals surface area contributed by atoms with Crippen LogP contribution in [0.1, 0.15) is 19.4 Å². The van der Waals surface area contributed by atoms with Crippen LogP contribution in [0.2, 0.25) is 0 Å². The second-order valence-corrected chi connectivity index (χ2v) is 5.11. The van der Waals surface area contributed by atoms with Crippen molar-refractivity contribution in [2.45, 2.75) is 38.4 Å². The number of carbonyl (C=O) groups excluding carboxylic acids is 2. The van der Waals surface area contributed by atoms with E-state index < -0.39 is 35.9 Å². The van der Waals surface area contributed by atoms with Crippen molar-refractivity contribution in [1.29, 1.82) is 0 Å². The summed E-state index contributed by atoms with van der Waals surface area (Å²) in [6.45, 7) is 2.96. The van der Waals surface area contributed by atoms with Crippen molar-refractivity contribution < 1.29 is 19.5 Å². The van der Waals surface area contributed by atoms with E-state index in [1.54, 1.807) is 24.3 Å². The molecule has 3 atom stereocenters. The number of hydrogen-bond donors (Lipinski definition) is 4. The van der Waals surface area contributed by atoms with Crippen LogP contribution in [-0.4, -0.2) is 41.0 Å². The van der Waals surface area contributed by atoms with Gasteiger partial charge in [-0.3, -0.25) is 9.59 Å². The third kappa shape index (κ3) is 5.53. The van der Waals surface area contributed by atoms with Crippen molar-refractivity contribution in [1.82, 2.24) is 10.6 Å². The van der Waals surface area contributed by atoms with Crippen molar-refractivity contribution in [2.24, 2.45) is 5.73 Å². The summed E-state index contributed by atoms with van der Waals surface area (Å²) >= 11 is 0. The van der Waals surface area contributed by atoms with Crippen molar-refractivity contribution in [3.8, 4) is 0 Å². The molecule has 0 aliphatic carbocycles. The van der Waals surface area contributed by atoms with Crippen LogP contribution in [0.4, 0.5) is 0 Å². The molecule has 0 saturated carbocycles. The summed E-state index contributed by atoms with van der Waals surface area (Å²) in [5.41, 5.74) is 6.19. The van der Waals surface area contributed by atoms with Crippen LogP contribution in [-0.2, 0) is 20.8 Å². The number of hydrogen-bond acceptors (Lipinski definition) is 4. The largest absolute Gasteiger partial charge is 0.480 e. The van der Waals surface area contributed by atoms with Crippen LogP contribution in [0.25, 0.3) is 0 Å². The molecule has 7 heteroatoms. The first-order chi connectivity index (χ1) is 10.3. The normalized spacial score (nSPS) is 14.5. The average molecular weight is 307 g/mol. The number of rotatable bonds is 7. The SMILES string of the molecule is C[C@@H](N)C(=O)N[C@H](C)C(=O)N[C@@H](Cc1ccccc1)C(=O)O. The van der Waals surface area contributed by atoms with Gasteiger partial charge in [0.2, 0.25) is 11.8 Å². The van der Waals surface area contributed by atoms with Gasteiger partial charge >= 0.3 is 5.97 Å². The Kier molecular flexibility index (Phi) is 6.52. The minimum absolute atomic E-state index is 0.163. The van der Waals surface area contributed by atoms with E-state index in [9.17, 15) is 19.5 Å². The predicted molar refractivity (Wildman–Crippen MR) is 81.0 cm³/mol. The molecule has 0 spiro atoms. The van der Waals surface area contributed by atoms with Gasteiger partial charge in [-0.1, -0.05) is 30.3 Å². The number of nitrogens with one attached hydrogen (secondary N) is 2. The summed E-state index contributed by atoms with van der Waals surface area (Å²) < 4.78 is 0. The molecule has 0 heterocycles. The van der Waals surface area contributed by atoms with Crippen LogP contribution >= 0.6 is 0 Å². The fourth-order valence-electron chi connectivity index (χ4n) is 1.76. The van der Waals surface area contributed by atoms with E-state index in [-0.39, 0.29) is 6.42 Å². The second kappa shape index (κ2) is 8.14. The Morgan fingerprint density at radius 2 is 1.68 bits per heavy atom. The van der Waals surface area contributed by atoms with Crippen LogP contribution in [0.3, 0.4) is 0 Å². The average Bonchev–Trinajstić information content (AvgIpc) is 2.47. The molecule has 22 heavy (non-hydrogen) atoms. The van der Waals surface area contributed by atoms with E-state index in [1.165, 1.54) is 13.8 Å². The fourth-order valence-corrected chi connectivity index (χ4v) is 1.76. The molecule has 0 aromatic heterocycles. The van der Waals surface area contributed by atoms with Gasteiger partial charge in [0.05, 0.1) is 6.04 Å².